The van der Waals surface area contributed by atoms with Crippen molar-refractivity contribution in [2.75, 3.05) is 51.9 Å². The van der Waals surface area contributed by atoms with E-state index in [1.54, 1.807) is 7.05 Å². The van der Waals surface area contributed by atoms with Crippen LogP contribution >= 0.6 is 0 Å². The van der Waals surface area contributed by atoms with E-state index in [4.69, 9.17) is 4.74 Å². The number of nitrogens with one attached hydrogen (secondary N) is 2. The van der Waals surface area contributed by atoms with Gasteiger partial charge in [0.2, 0.25) is 0 Å². The van der Waals surface area contributed by atoms with Crippen molar-refractivity contribution >= 4 is 15.8 Å². The third kappa shape index (κ3) is 6.70. The third-order valence-corrected chi connectivity index (χ3v) is 6.56. The summed E-state index contributed by atoms with van der Waals surface area (Å²) in [7, 11) is -1.17. The fourth-order valence-corrected chi connectivity index (χ4v) is 4.77. The molecule has 1 aliphatic heterocycles. The zero-order valence-corrected chi connectivity index (χ0v) is 17.4. The highest BCUT2D eigenvalue weighted by atomic mass is 32.2. The summed E-state index contributed by atoms with van der Waals surface area (Å²) >= 11 is 0. The van der Waals surface area contributed by atoms with Crippen molar-refractivity contribution in [3.05, 3.63) is 0 Å². The minimum absolute atomic E-state index is 0.0571. The largest absolute Gasteiger partial charge is 0.379 e. The van der Waals surface area contributed by atoms with Gasteiger partial charge in [-0.25, -0.2) is 8.42 Å². The molecule has 0 aromatic carbocycles. The Kier molecular flexibility index (Phi) is 8.16. The number of hydrogen-bond acceptors (Lipinski definition) is 5. The van der Waals surface area contributed by atoms with Gasteiger partial charge in [0.15, 0.2) is 5.96 Å². The SMILES string of the molecule is CN=C(NCC1(N2CCOCC2)CCCCC1)NC(C)CCS(C)(=O)=O. The van der Waals surface area contributed by atoms with Crippen LogP contribution in [0.25, 0.3) is 0 Å². The molecular formula is C18H36N4O3S. The molecule has 0 radical (unpaired) electrons. The van der Waals surface area contributed by atoms with E-state index in [0.717, 1.165) is 38.8 Å². The van der Waals surface area contributed by atoms with Gasteiger partial charge in [-0.15, -0.1) is 0 Å². The Morgan fingerprint density at radius 1 is 1.23 bits per heavy atom. The molecule has 2 rings (SSSR count). The molecule has 0 spiro atoms. The summed E-state index contributed by atoms with van der Waals surface area (Å²) in [6, 6.07) is 0.0571. The first-order valence-electron chi connectivity index (χ1n) is 9.82. The summed E-state index contributed by atoms with van der Waals surface area (Å²) in [5.41, 5.74) is 0.176. The quantitative estimate of drug-likeness (QED) is 0.500. The number of rotatable bonds is 7. The lowest BCUT2D eigenvalue weighted by atomic mass is 9.80. The maximum Gasteiger partial charge on any atom is 0.191 e. The molecule has 0 bridgehead atoms. The third-order valence-electron chi connectivity index (χ3n) is 5.58. The monoisotopic (exact) mass is 388 g/mol. The van der Waals surface area contributed by atoms with Crippen LogP contribution in [0.15, 0.2) is 4.99 Å². The second kappa shape index (κ2) is 9.90. The summed E-state index contributed by atoms with van der Waals surface area (Å²) in [5, 5.41) is 6.84. The van der Waals surface area contributed by atoms with E-state index >= 15 is 0 Å². The molecule has 0 amide bonds. The van der Waals surface area contributed by atoms with Crippen LogP contribution < -0.4 is 10.6 Å². The molecule has 1 heterocycles. The highest BCUT2D eigenvalue weighted by molar-refractivity contribution is 7.90. The van der Waals surface area contributed by atoms with Crippen molar-refractivity contribution in [1.82, 2.24) is 15.5 Å². The second-order valence-corrected chi connectivity index (χ2v) is 10.0. The van der Waals surface area contributed by atoms with E-state index in [0.29, 0.717) is 6.42 Å². The van der Waals surface area contributed by atoms with E-state index in [9.17, 15) is 8.42 Å². The summed E-state index contributed by atoms with van der Waals surface area (Å²) < 4.78 is 28.2. The number of aliphatic imine (C=N–C) groups is 1. The lowest BCUT2D eigenvalue weighted by Crippen LogP contribution is -2.60. The van der Waals surface area contributed by atoms with Gasteiger partial charge >= 0.3 is 0 Å². The molecule has 1 saturated carbocycles. The predicted molar refractivity (Wildman–Crippen MR) is 106 cm³/mol. The fourth-order valence-electron chi connectivity index (χ4n) is 3.99. The van der Waals surface area contributed by atoms with Crippen molar-refractivity contribution in [1.29, 1.82) is 0 Å². The van der Waals surface area contributed by atoms with Crippen molar-refractivity contribution in [3.63, 3.8) is 0 Å². The number of ether oxygens (including phenoxy) is 1. The minimum Gasteiger partial charge on any atom is -0.379 e. The van der Waals surface area contributed by atoms with E-state index in [1.165, 1.54) is 38.4 Å². The predicted octanol–water partition coefficient (Wildman–Crippen LogP) is 1.01. The summed E-state index contributed by atoms with van der Waals surface area (Å²) in [6.07, 6.45) is 8.14. The van der Waals surface area contributed by atoms with Gasteiger partial charge in [0, 0.05) is 44.5 Å². The Morgan fingerprint density at radius 3 is 2.46 bits per heavy atom. The zero-order chi connectivity index (χ0) is 19.0. The second-order valence-electron chi connectivity index (χ2n) is 7.77. The van der Waals surface area contributed by atoms with Crippen LogP contribution in [0.5, 0.6) is 0 Å². The molecule has 1 unspecified atom stereocenters. The van der Waals surface area contributed by atoms with Crippen molar-refractivity contribution in [2.45, 2.75) is 57.0 Å². The van der Waals surface area contributed by atoms with Gasteiger partial charge in [0.25, 0.3) is 0 Å². The first-order valence-corrected chi connectivity index (χ1v) is 11.9. The molecule has 8 heteroatoms. The van der Waals surface area contributed by atoms with Crippen LogP contribution in [0, 0.1) is 0 Å². The number of guanidine groups is 1. The van der Waals surface area contributed by atoms with Gasteiger partial charge in [-0.1, -0.05) is 19.3 Å². The van der Waals surface area contributed by atoms with Gasteiger partial charge in [0.05, 0.1) is 19.0 Å². The standard InChI is InChI=1S/C18H36N4O3S/c1-16(7-14-26(3,23)24)21-17(19-2)20-15-18(8-5-4-6-9-18)22-10-12-25-13-11-22/h16H,4-15H2,1-3H3,(H2,19,20,21). The highest BCUT2D eigenvalue weighted by Crippen LogP contribution is 2.33. The van der Waals surface area contributed by atoms with Gasteiger partial charge in [-0.05, 0) is 26.2 Å². The number of hydrogen-bond donors (Lipinski definition) is 2. The molecule has 2 N–H and O–H groups in total. The molecule has 1 aliphatic carbocycles. The molecule has 2 aliphatic rings. The maximum atomic E-state index is 11.4. The summed E-state index contributed by atoms with van der Waals surface area (Å²) in [4.78, 5) is 6.94. The molecule has 7 nitrogen and oxygen atoms in total. The normalized spacial score (nSPS) is 23.4. The number of morpholine rings is 1. The van der Waals surface area contributed by atoms with Crippen LogP contribution in [-0.2, 0) is 14.6 Å². The first kappa shape index (κ1) is 21.4. The van der Waals surface area contributed by atoms with Crippen molar-refractivity contribution in [2.24, 2.45) is 4.99 Å². The smallest absolute Gasteiger partial charge is 0.191 e. The van der Waals surface area contributed by atoms with Gasteiger partial charge in [-0.3, -0.25) is 9.89 Å². The average Bonchev–Trinajstić information content (AvgIpc) is 2.64. The zero-order valence-electron chi connectivity index (χ0n) is 16.6. The van der Waals surface area contributed by atoms with Gasteiger partial charge in [0.1, 0.15) is 9.84 Å². The Balaban J connectivity index is 1.91. The fraction of sp³-hybridized carbons (Fsp3) is 0.944. The van der Waals surface area contributed by atoms with Crippen molar-refractivity contribution < 1.29 is 13.2 Å². The summed E-state index contributed by atoms with van der Waals surface area (Å²) in [6.45, 7) is 6.49. The molecule has 0 aromatic heterocycles. The number of nitrogens with zero attached hydrogens (tertiary/aromatic N) is 2. The van der Waals surface area contributed by atoms with Crippen molar-refractivity contribution in [3.8, 4) is 0 Å². The Morgan fingerprint density at radius 2 is 1.88 bits per heavy atom. The van der Waals surface area contributed by atoms with Crippen LogP contribution in [-0.4, -0.2) is 82.8 Å². The molecular weight excluding hydrogens is 352 g/mol. The number of sulfone groups is 1. The maximum absolute atomic E-state index is 11.4. The van der Waals surface area contributed by atoms with Crippen LogP contribution in [0.1, 0.15) is 45.4 Å². The highest BCUT2D eigenvalue weighted by Gasteiger charge is 2.38. The molecule has 1 saturated heterocycles. The van der Waals surface area contributed by atoms with E-state index in [2.05, 4.69) is 20.5 Å². The molecule has 152 valence electrons. The molecule has 26 heavy (non-hydrogen) atoms. The van der Waals surface area contributed by atoms with E-state index in [1.807, 2.05) is 6.92 Å². The minimum atomic E-state index is -2.93. The van der Waals surface area contributed by atoms with Gasteiger partial charge in [-0.2, -0.15) is 0 Å². The molecule has 2 fully saturated rings. The first-order chi connectivity index (χ1) is 12.3. The van der Waals surface area contributed by atoms with Gasteiger partial charge < -0.3 is 15.4 Å². The summed E-state index contributed by atoms with van der Waals surface area (Å²) in [5.74, 6) is 0.944. The average molecular weight is 389 g/mol. The van der Waals surface area contributed by atoms with E-state index in [-0.39, 0.29) is 17.3 Å². The molecule has 0 aromatic rings. The van der Waals surface area contributed by atoms with Crippen LogP contribution in [0.4, 0.5) is 0 Å². The lowest BCUT2D eigenvalue weighted by Gasteiger charge is -2.48. The Bertz CT molecular complexity index is 553. The lowest BCUT2D eigenvalue weighted by molar-refractivity contribution is -0.0352. The Hall–Kier alpha value is -0.860. The van der Waals surface area contributed by atoms with Crippen LogP contribution in [0.3, 0.4) is 0 Å². The molecule has 1 atom stereocenters. The topological polar surface area (TPSA) is 83.0 Å². The van der Waals surface area contributed by atoms with Crippen LogP contribution in [0.2, 0.25) is 0 Å². The van der Waals surface area contributed by atoms with E-state index < -0.39 is 9.84 Å². The Labute approximate surface area is 158 Å².